The van der Waals surface area contributed by atoms with Crippen LogP contribution in [0.3, 0.4) is 0 Å². The molecule has 4 heteroatoms. The van der Waals surface area contributed by atoms with E-state index in [1.54, 1.807) is 36.4 Å². The molecule has 0 fully saturated rings. The van der Waals surface area contributed by atoms with Gasteiger partial charge in [0.1, 0.15) is 17.1 Å². The highest BCUT2D eigenvalue weighted by Crippen LogP contribution is 2.21. The summed E-state index contributed by atoms with van der Waals surface area (Å²) in [6, 6.07) is 15.9. The van der Waals surface area contributed by atoms with Crippen LogP contribution in [0.1, 0.15) is 31.1 Å². The molecule has 22 heavy (non-hydrogen) atoms. The van der Waals surface area contributed by atoms with Crippen molar-refractivity contribution in [2.45, 2.75) is 26.4 Å². The number of hydrogen-bond acceptors (Lipinski definition) is 4. The van der Waals surface area contributed by atoms with E-state index in [0.29, 0.717) is 17.1 Å². The van der Waals surface area contributed by atoms with Crippen LogP contribution < -0.4 is 9.47 Å². The number of esters is 1. The predicted molar refractivity (Wildman–Crippen MR) is 84.2 cm³/mol. The first-order chi connectivity index (χ1) is 10.5. The lowest BCUT2D eigenvalue weighted by Crippen LogP contribution is -2.22. The van der Waals surface area contributed by atoms with Crippen molar-refractivity contribution in [3.05, 3.63) is 60.2 Å². The van der Waals surface area contributed by atoms with Crippen LogP contribution in [0, 0.1) is 0 Å². The maximum absolute atomic E-state index is 12.3. The highest BCUT2D eigenvalue weighted by Gasteiger charge is 2.16. The van der Waals surface area contributed by atoms with Crippen molar-refractivity contribution >= 4 is 5.97 Å². The van der Waals surface area contributed by atoms with Crippen LogP contribution in [0.25, 0.3) is 0 Å². The number of benzene rings is 2. The van der Waals surface area contributed by atoms with Gasteiger partial charge in [-0.3, -0.25) is 0 Å². The second-order valence-corrected chi connectivity index (χ2v) is 5.72. The molecule has 0 heterocycles. The summed E-state index contributed by atoms with van der Waals surface area (Å²) in [7, 11) is 0. The van der Waals surface area contributed by atoms with E-state index in [2.05, 4.69) is 0 Å². The van der Waals surface area contributed by atoms with Crippen LogP contribution in [0.4, 0.5) is 0 Å². The van der Waals surface area contributed by atoms with Gasteiger partial charge in [-0.2, -0.15) is 0 Å². The first-order valence-electron chi connectivity index (χ1n) is 7.09. The van der Waals surface area contributed by atoms with Crippen LogP contribution in [0.5, 0.6) is 11.5 Å². The number of ether oxygens (including phenoxy) is 3. The Morgan fingerprint density at radius 3 is 2.27 bits per heavy atom. The minimum atomic E-state index is -0.461. The standard InChI is InChI=1S/C18H20O4/c1-18(2,3)21-13-20-16-12-8-7-11-15(16)17(19)22-14-9-5-4-6-10-14/h4-12H,13H2,1-3H3. The van der Waals surface area contributed by atoms with Gasteiger partial charge in [-0.1, -0.05) is 30.3 Å². The molecule has 0 radical (unpaired) electrons. The summed E-state index contributed by atoms with van der Waals surface area (Å²) in [5, 5.41) is 0. The van der Waals surface area contributed by atoms with E-state index in [9.17, 15) is 4.79 Å². The molecule has 0 bridgehead atoms. The van der Waals surface area contributed by atoms with Crippen molar-refractivity contribution in [1.82, 2.24) is 0 Å². The molecule has 0 aliphatic carbocycles. The zero-order valence-electron chi connectivity index (χ0n) is 13.0. The smallest absolute Gasteiger partial charge is 0.347 e. The Labute approximate surface area is 130 Å². The summed E-state index contributed by atoms with van der Waals surface area (Å²) in [5.74, 6) is 0.471. The Hall–Kier alpha value is -2.33. The summed E-state index contributed by atoms with van der Waals surface area (Å²) >= 11 is 0. The van der Waals surface area contributed by atoms with E-state index in [-0.39, 0.29) is 12.4 Å². The molecule has 0 saturated heterocycles. The van der Waals surface area contributed by atoms with Crippen molar-refractivity contribution in [1.29, 1.82) is 0 Å². The lowest BCUT2D eigenvalue weighted by atomic mass is 10.2. The lowest BCUT2D eigenvalue weighted by molar-refractivity contribution is -0.0760. The quantitative estimate of drug-likeness (QED) is 0.474. The molecule has 2 aromatic rings. The Morgan fingerprint density at radius 1 is 0.955 bits per heavy atom. The summed E-state index contributed by atoms with van der Waals surface area (Å²) in [6.07, 6.45) is 0. The summed E-state index contributed by atoms with van der Waals surface area (Å²) in [6.45, 7) is 5.88. The molecule has 2 rings (SSSR count). The van der Waals surface area contributed by atoms with Gasteiger partial charge in [-0.15, -0.1) is 0 Å². The number of carbonyl (C=O) groups excluding carboxylic acids is 1. The van der Waals surface area contributed by atoms with E-state index in [1.807, 2.05) is 39.0 Å². The molecule has 0 amide bonds. The molecule has 0 aliphatic heterocycles. The lowest BCUT2D eigenvalue weighted by Gasteiger charge is -2.20. The Bertz CT molecular complexity index is 614. The fraction of sp³-hybridized carbons (Fsp3) is 0.278. The van der Waals surface area contributed by atoms with Crippen LogP contribution in [0.2, 0.25) is 0 Å². The summed E-state index contributed by atoms with van der Waals surface area (Å²) in [4.78, 5) is 12.3. The Balaban J connectivity index is 2.06. The van der Waals surface area contributed by atoms with Crippen LogP contribution in [0.15, 0.2) is 54.6 Å². The maximum Gasteiger partial charge on any atom is 0.347 e. The zero-order chi connectivity index (χ0) is 16.0. The molecule has 4 nitrogen and oxygen atoms in total. The SMILES string of the molecule is CC(C)(C)OCOc1ccccc1C(=O)Oc1ccccc1. The molecular formula is C18H20O4. The molecule has 0 atom stereocenters. The topological polar surface area (TPSA) is 44.8 Å². The molecular weight excluding hydrogens is 280 g/mol. The monoisotopic (exact) mass is 300 g/mol. The highest BCUT2D eigenvalue weighted by molar-refractivity contribution is 5.93. The van der Waals surface area contributed by atoms with Gasteiger partial charge >= 0.3 is 5.97 Å². The number of carbonyl (C=O) groups is 1. The fourth-order valence-corrected chi connectivity index (χ4v) is 1.68. The van der Waals surface area contributed by atoms with Crippen molar-refractivity contribution in [2.24, 2.45) is 0 Å². The Morgan fingerprint density at radius 2 is 1.59 bits per heavy atom. The summed E-state index contributed by atoms with van der Waals surface area (Å²) in [5.41, 5.74) is 0.0586. The predicted octanol–water partition coefficient (Wildman–Crippen LogP) is 4.06. The molecule has 0 aliphatic rings. The summed E-state index contributed by atoms with van der Waals surface area (Å²) < 4.78 is 16.4. The third kappa shape index (κ3) is 4.90. The minimum absolute atomic E-state index is 0.0686. The molecule has 0 saturated carbocycles. The first kappa shape index (κ1) is 16.0. The van der Waals surface area contributed by atoms with E-state index >= 15 is 0 Å². The number of para-hydroxylation sites is 2. The van der Waals surface area contributed by atoms with Crippen molar-refractivity contribution in [2.75, 3.05) is 6.79 Å². The molecule has 0 N–H and O–H groups in total. The van der Waals surface area contributed by atoms with Crippen LogP contribution >= 0.6 is 0 Å². The average molecular weight is 300 g/mol. The van der Waals surface area contributed by atoms with Crippen LogP contribution in [-0.2, 0) is 4.74 Å². The third-order valence-electron chi connectivity index (χ3n) is 2.77. The highest BCUT2D eigenvalue weighted by atomic mass is 16.7. The number of hydrogen-bond donors (Lipinski definition) is 0. The van der Waals surface area contributed by atoms with Crippen molar-refractivity contribution in [3.63, 3.8) is 0 Å². The molecule has 0 aromatic heterocycles. The zero-order valence-corrected chi connectivity index (χ0v) is 13.0. The van der Waals surface area contributed by atoms with Gasteiger partial charge in [0, 0.05) is 0 Å². The van der Waals surface area contributed by atoms with Gasteiger partial charge in [-0.05, 0) is 45.0 Å². The van der Waals surface area contributed by atoms with Gasteiger partial charge in [0.05, 0.1) is 5.60 Å². The van der Waals surface area contributed by atoms with Crippen molar-refractivity contribution in [3.8, 4) is 11.5 Å². The van der Waals surface area contributed by atoms with Gasteiger partial charge in [0.2, 0.25) is 0 Å². The van der Waals surface area contributed by atoms with E-state index in [0.717, 1.165) is 0 Å². The van der Waals surface area contributed by atoms with Crippen LogP contribution in [-0.4, -0.2) is 18.4 Å². The van der Waals surface area contributed by atoms with E-state index in [4.69, 9.17) is 14.2 Å². The normalized spacial score (nSPS) is 11.0. The molecule has 2 aromatic carbocycles. The second kappa shape index (κ2) is 7.09. The van der Waals surface area contributed by atoms with E-state index < -0.39 is 5.97 Å². The molecule has 0 spiro atoms. The minimum Gasteiger partial charge on any atom is -0.467 e. The first-order valence-corrected chi connectivity index (χ1v) is 7.09. The van der Waals surface area contributed by atoms with E-state index in [1.165, 1.54) is 0 Å². The number of rotatable bonds is 5. The fourth-order valence-electron chi connectivity index (χ4n) is 1.68. The van der Waals surface area contributed by atoms with Gasteiger partial charge in [0.25, 0.3) is 0 Å². The Kier molecular flexibility index (Phi) is 5.17. The average Bonchev–Trinajstić information content (AvgIpc) is 2.47. The van der Waals surface area contributed by atoms with Gasteiger partial charge in [-0.25, -0.2) is 4.79 Å². The van der Waals surface area contributed by atoms with Gasteiger partial charge < -0.3 is 14.2 Å². The molecule has 116 valence electrons. The largest absolute Gasteiger partial charge is 0.467 e. The molecule has 0 unspecified atom stereocenters. The van der Waals surface area contributed by atoms with Crippen molar-refractivity contribution < 1.29 is 19.0 Å². The second-order valence-electron chi connectivity index (χ2n) is 5.72. The van der Waals surface area contributed by atoms with Gasteiger partial charge in [0.15, 0.2) is 6.79 Å². The third-order valence-corrected chi connectivity index (χ3v) is 2.77. The maximum atomic E-state index is 12.3.